The lowest BCUT2D eigenvalue weighted by Crippen LogP contribution is -2.43. The van der Waals surface area contributed by atoms with Crippen LogP contribution >= 0.6 is 0 Å². The number of ether oxygens (including phenoxy) is 2. The minimum atomic E-state index is -0.254. The zero-order valence-corrected chi connectivity index (χ0v) is 15.7. The largest absolute Gasteiger partial charge is 0.461 e. The van der Waals surface area contributed by atoms with Gasteiger partial charge >= 0.3 is 5.97 Å². The minimum absolute atomic E-state index is 0.0330. The number of morpholine rings is 1. The number of aryl methyl sites for hydroxylation is 1. The Kier molecular flexibility index (Phi) is 5.29. The number of hydrogen-bond acceptors (Lipinski definition) is 6. The predicted octanol–water partition coefficient (Wildman–Crippen LogP) is 1.13. The molecular weight excluding hydrogens is 332 g/mol. The average molecular weight is 362 g/mol. The second kappa shape index (κ2) is 7.66. The molecular formula is C19H30N4O3. The number of hydrogen-bond donors (Lipinski definition) is 0. The fourth-order valence-corrected chi connectivity index (χ4v) is 4.45. The second-order valence-electron chi connectivity index (χ2n) is 7.86. The van der Waals surface area contributed by atoms with Gasteiger partial charge in [-0.1, -0.05) is 0 Å². The van der Waals surface area contributed by atoms with Crippen molar-refractivity contribution in [2.45, 2.75) is 45.4 Å². The van der Waals surface area contributed by atoms with Crippen LogP contribution in [0.2, 0.25) is 0 Å². The van der Waals surface area contributed by atoms with E-state index in [0.717, 1.165) is 84.0 Å². The Balaban J connectivity index is 1.29. The van der Waals surface area contributed by atoms with Crippen LogP contribution in [0.4, 0.5) is 0 Å². The summed E-state index contributed by atoms with van der Waals surface area (Å²) in [7, 11) is 0. The molecule has 1 unspecified atom stereocenters. The van der Waals surface area contributed by atoms with Gasteiger partial charge in [-0.05, 0) is 38.9 Å². The van der Waals surface area contributed by atoms with Crippen molar-refractivity contribution in [2.24, 2.45) is 5.41 Å². The minimum Gasteiger partial charge on any atom is -0.461 e. The quantitative estimate of drug-likeness (QED) is 0.732. The maximum Gasteiger partial charge on any atom is 0.312 e. The second-order valence-corrected chi connectivity index (χ2v) is 7.86. The number of nitrogens with zero attached hydrogens (tertiary/aromatic N) is 4. The van der Waals surface area contributed by atoms with Gasteiger partial charge in [0.25, 0.3) is 0 Å². The summed E-state index contributed by atoms with van der Waals surface area (Å²) < 4.78 is 13.1. The molecule has 1 spiro atoms. The molecule has 1 aromatic rings. The Morgan fingerprint density at radius 3 is 2.65 bits per heavy atom. The van der Waals surface area contributed by atoms with Gasteiger partial charge in [-0.25, -0.2) is 0 Å². The van der Waals surface area contributed by atoms with Gasteiger partial charge in [0.1, 0.15) is 6.10 Å². The predicted molar refractivity (Wildman–Crippen MR) is 96.6 cm³/mol. The van der Waals surface area contributed by atoms with Gasteiger partial charge in [0.05, 0.1) is 24.3 Å². The summed E-state index contributed by atoms with van der Waals surface area (Å²) >= 11 is 0. The highest BCUT2D eigenvalue weighted by atomic mass is 16.6. The number of rotatable bonds is 5. The highest BCUT2D eigenvalue weighted by Gasteiger charge is 2.50. The van der Waals surface area contributed by atoms with Gasteiger partial charge < -0.3 is 9.47 Å². The molecule has 0 amide bonds. The summed E-state index contributed by atoms with van der Waals surface area (Å²) in [6.07, 6.45) is 4.76. The van der Waals surface area contributed by atoms with E-state index in [9.17, 15) is 4.79 Å². The van der Waals surface area contributed by atoms with Crippen molar-refractivity contribution in [3.63, 3.8) is 0 Å². The first-order valence-electron chi connectivity index (χ1n) is 9.93. The SMILES string of the molecule is CCn1ccc(CN2CCC3(CC2)CC(CN2CCOCC2)OC3=O)n1. The molecule has 0 saturated carbocycles. The molecule has 3 saturated heterocycles. The Bertz CT molecular complexity index is 618. The Labute approximate surface area is 155 Å². The lowest BCUT2D eigenvalue weighted by molar-refractivity contribution is -0.151. The third kappa shape index (κ3) is 3.80. The summed E-state index contributed by atoms with van der Waals surface area (Å²) in [6.45, 7) is 10.1. The fourth-order valence-electron chi connectivity index (χ4n) is 4.45. The highest BCUT2D eigenvalue weighted by molar-refractivity contribution is 5.79. The van der Waals surface area contributed by atoms with Crippen molar-refractivity contribution < 1.29 is 14.3 Å². The van der Waals surface area contributed by atoms with E-state index >= 15 is 0 Å². The maximum absolute atomic E-state index is 12.6. The van der Waals surface area contributed by atoms with Crippen molar-refractivity contribution in [1.29, 1.82) is 0 Å². The Morgan fingerprint density at radius 2 is 1.96 bits per heavy atom. The van der Waals surface area contributed by atoms with E-state index in [-0.39, 0.29) is 17.5 Å². The average Bonchev–Trinajstić information content (AvgIpc) is 3.23. The van der Waals surface area contributed by atoms with Crippen LogP contribution < -0.4 is 0 Å². The Hall–Kier alpha value is -1.44. The summed E-state index contributed by atoms with van der Waals surface area (Å²) in [5.41, 5.74) is 0.859. The zero-order chi connectivity index (χ0) is 18.0. The van der Waals surface area contributed by atoms with Crippen molar-refractivity contribution in [1.82, 2.24) is 19.6 Å². The van der Waals surface area contributed by atoms with Gasteiger partial charge in [-0.2, -0.15) is 5.10 Å². The Morgan fingerprint density at radius 1 is 1.19 bits per heavy atom. The fraction of sp³-hybridized carbons (Fsp3) is 0.789. The van der Waals surface area contributed by atoms with Crippen LogP contribution in [0, 0.1) is 5.41 Å². The van der Waals surface area contributed by atoms with Gasteiger partial charge in [0.2, 0.25) is 0 Å². The van der Waals surface area contributed by atoms with Crippen molar-refractivity contribution in [3.8, 4) is 0 Å². The number of likely N-dealkylation sites (tertiary alicyclic amines) is 1. The first-order valence-corrected chi connectivity index (χ1v) is 9.93. The van der Waals surface area contributed by atoms with E-state index in [4.69, 9.17) is 9.47 Å². The van der Waals surface area contributed by atoms with Gasteiger partial charge in [0, 0.05) is 45.3 Å². The molecule has 26 heavy (non-hydrogen) atoms. The molecule has 3 fully saturated rings. The molecule has 1 atom stereocenters. The third-order valence-corrected chi connectivity index (χ3v) is 6.11. The van der Waals surface area contributed by atoms with E-state index < -0.39 is 0 Å². The van der Waals surface area contributed by atoms with Gasteiger partial charge in [-0.3, -0.25) is 19.3 Å². The summed E-state index contributed by atoms with van der Waals surface area (Å²) in [4.78, 5) is 17.4. The molecule has 0 radical (unpaired) electrons. The number of cyclic esters (lactones) is 1. The van der Waals surface area contributed by atoms with Crippen LogP contribution in [0.1, 0.15) is 31.9 Å². The van der Waals surface area contributed by atoms with Crippen LogP contribution in [0.3, 0.4) is 0 Å². The van der Waals surface area contributed by atoms with Crippen molar-refractivity contribution >= 4 is 5.97 Å². The number of aromatic nitrogens is 2. The molecule has 0 bridgehead atoms. The monoisotopic (exact) mass is 362 g/mol. The highest BCUT2D eigenvalue weighted by Crippen LogP contribution is 2.43. The van der Waals surface area contributed by atoms with Gasteiger partial charge in [0.15, 0.2) is 0 Å². The maximum atomic E-state index is 12.6. The van der Waals surface area contributed by atoms with E-state index in [1.807, 2.05) is 10.9 Å². The summed E-state index contributed by atoms with van der Waals surface area (Å²) in [5.74, 6) is 0.0330. The van der Waals surface area contributed by atoms with Crippen LogP contribution in [0.25, 0.3) is 0 Å². The molecule has 0 aliphatic carbocycles. The number of esters is 1. The van der Waals surface area contributed by atoms with E-state index in [1.54, 1.807) is 0 Å². The molecule has 0 N–H and O–H groups in total. The number of piperidine rings is 1. The van der Waals surface area contributed by atoms with E-state index in [2.05, 4.69) is 27.9 Å². The zero-order valence-electron chi connectivity index (χ0n) is 15.7. The molecule has 7 heteroatoms. The normalized spacial score (nSPS) is 27.1. The lowest BCUT2D eigenvalue weighted by Gasteiger charge is -2.36. The molecule has 1 aromatic heterocycles. The third-order valence-electron chi connectivity index (χ3n) is 6.11. The van der Waals surface area contributed by atoms with Gasteiger partial charge in [-0.15, -0.1) is 0 Å². The standard InChI is InChI=1S/C19H30N4O3/c1-2-23-6-3-16(20-23)14-21-7-4-19(5-8-21)13-17(26-18(19)24)15-22-9-11-25-12-10-22/h3,6,17H,2,4-5,7-15H2,1H3. The molecule has 7 nitrogen and oxygen atoms in total. The summed E-state index contributed by atoms with van der Waals surface area (Å²) in [5, 5.41) is 4.57. The molecule has 3 aliphatic rings. The smallest absolute Gasteiger partial charge is 0.312 e. The molecule has 4 heterocycles. The molecule has 0 aromatic carbocycles. The number of carbonyl (C=O) groups excluding carboxylic acids is 1. The number of carbonyl (C=O) groups is 1. The van der Waals surface area contributed by atoms with Crippen LogP contribution in [0.15, 0.2) is 12.3 Å². The van der Waals surface area contributed by atoms with Crippen LogP contribution in [-0.2, 0) is 27.4 Å². The first kappa shape index (κ1) is 17.9. The van der Waals surface area contributed by atoms with Crippen molar-refractivity contribution in [3.05, 3.63) is 18.0 Å². The molecule has 3 aliphatic heterocycles. The summed E-state index contributed by atoms with van der Waals surface area (Å²) in [6, 6.07) is 2.09. The lowest BCUT2D eigenvalue weighted by atomic mass is 9.76. The molecule has 4 rings (SSSR count). The topological polar surface area (TPSA) is 59.8 Å². The van der Waals surface area contributed by atoms with Crippen LogP contribution in [0.5, 0.6) is 0 Å². The van der Waals surface area contributed by atoms with Crippen LogP contribution in [-0.4, -0.2) is 77.6 Å². The van der Waals surface area contributed by atoms with E-state index in [1.165, 1.54) is 0 Å². The van der Waals surface area contributed by atoms with E-state index in [0.29, 0.717) is 0 Å². The molecule has 144 valence electrons. The first-order chi connectivity index (χ1) is 12.7. The van der Waals surface area contributed by atoms with Crippen molar-refractivity contribution in [2.75, 3.05) is 45.9 Å².